The summed E-state index contributed by atoms with van der Waals surface area (Å²) >= 11 is 1.20. The van der Waals surface area contributed by atoms with Crippen molar-refractivity contribution in [2.75, 3.05) is 13.7 Å². The number of carbonyl (C=O) groups is 2. The number of thiophene rings is 1. The molecular formula is C21H19F2NO5S. The van der Waals surface area contributed by atoms with E-state index in [1.807, 2.05) is 18.2 Å². The molecule has 9 heteroatoms. The van der Waals surface area contributed by atoms with Gasteiger partial charge in [0.1, 0.15) is 11.5 Å². The highest BCUT2D eigenvalue weighted by Crippen LogP contribution is 2.36. The molecule has 6 nitrogen and oxygen atoms in total. The number of primary amides is 1. The summed E-state index contributed by atoms with van der Waals surface area (Å²) in [6.07, 6.45) is 0. The van der Waals surface area contributed by atoms with Gasteiger partial charge in [-0.15, -0.1) is 11.3 Å². The first kappa shape index (κ1) is 21.7. The largest absolute Gasteiger partial charge is 0.483 e. The normalized spacial score (nSPS) is 10.9. The molecule has 0 spiro atoms. The van der Waals surface area contributed by atoms with Crippen LogP contribution in [0.15, 0.2) is 30.3 Å². The van der Waals surface area contributed by atoms with Crippen molar-refractivity contribution in [3.05, 3.63) is 63.5 Å². The van der Waals surface area contributed by atoms with Gasteiger partial charge >= 0.3 is 5.97 Å². The molecule has 3 aromatic rings. The molecule has 158 valence electrons. The van der Waals surface area contributed by atoms with Gasteiger partial charge in [0.05, 0.1) is 13.2 Å². The molecule has 3 rings (SSSR count). The molecule has 0 aliphatic carbocycles. The zero-order chi connectivity index (χ0) is 21.8. The quantitative estimate of drug-likeness (QED) is 0.537. The van der Waals surface area contributed by atoms with E-state index >= 15 is 0 Å². The summed E-state index contributed by atoms with van der Waals surface area (Å²) in [7, 11) is 1.54. The van der Waals surface area contributed by atoms with Crippen molar-refractivity contribution in [3.8, 4) is 5.75 Å². The monoisotopic (exact) mass is 435 g/mol. The second-order valence-corrected chi connectivity index (χ2v) is 7.33. The number of halogens is 2. The number of esters is 1. The first-order valence-corrected chi connectivity index (χ1v) is 9.80. The van der Waals surface area contributed by atoms with E-state index in [1.54, 1.807) is 14.0 Å². The standard InChI is InChI=1S/C21H19F2NO5S/c1-3-28-21(26)19-13(17-11(9-27-2)5-4-6-16(17)30-19)10-29-18-14(22)7-12(20(24)25)8-15(18)23/h4-8H,3,9-10H2,1-2H3,(H2,24,25). The van der Waals surface area contributed by atoms with E-state index in [1.165, 1.54) is 11.3 Å². The molecule has 0 aliphatic rings. The molecule has 1 heterocycles. The Morgan fingerprint density at radius 2 is 1.83 bits per heavy atom. The van der Waals surface area contributed by atoms with Crippen LogP contribution in [-0.4, -0.2) is 25.6 Å². The number of carbonyl (C=O) groups excluding carboxylic acids is 2. The Labute approximate surface area is 175 Å². The maximum Gasteiger partial charge on any atom is 0.348 e. The summed E-state index contributed by atoms with van der Waals surface area (Å²) in [6, 6.07) is 7.09. The highest BCUT2D eigenvalue weighted by atomic mass is 32.1. The lowest BCUT2D eigenvalue weighted by atomic mass is 10.1. The fraction of sp³-hybridized carbons (Fsp3) is 0.238. The maximum atomic E-state index is 14.3. The van der Waals surface area contributed by atoms with E-state index < -0.39 is 29.3 Å². The molecule has 0 saturated heterocycles. The van der Waals surface area contributed by atoms with Gasteiger partial charge in [-0.3, -0.25) is 4.79 Å². The number of hydrogen-bond acceptors (Lipinski definition) is 6. The van der Waals surface area contributed by atoms with Gasteiger partial charge in [-0.1, -0.05) is 12.1 Å². The smallest absolute Gasteiger partial charge is 0.348 e. The second-order valence-electron chi connectivity index (χ2n) is 6.28. The highest BCUT2D eigenvalue weighted by molar-refractivity contribution is 7.21. The van der Waals surface area contributed by atoms with Crippen molar-refractivity contribution in [1.82, 2.24) is 0 Å². The van der Waals surface area contributed by atoms with Crippen LogP contribution in [0.25, 0.3) is 10.1 Å². The van der Waals surface area contributed by atoms with E-state index in [-0.39, 0.29) is 30.3 Å². The number of fused-ring (bicyclic) bond motifs is 1. The molecule has 0 atom stereocenters. The third-order valence-electron chi connectivity index (χ3n) is 4.30. The summed E-state index contributed by atoms with van der Waals surface area (Å²) in [5, 5.41) is 0.710. The summed E-state index contributed by atoms with van der Waals surface area (Å²) in [5.41, 5.74) is 5.99. The summed E-state index contributed by atoms with van der Waals surface area (Å²) in [4.78, 5) is 23.9. The number of methoxy groups -OCH3 is 1. The highest BCUT2D eigenvalue weighted by Gasteiger charge is 2.23. The number of ether oxygens (including phenoxy) is 3. The topological polar surface area (TPSA) is 87.8 Å². The molecule has 1 amide bonds. The van der Waals surface area contributed by atoms with Gasteiger partial charge in [-0.2, -0.15) is 0 Å². The van der Waals surface area contributed by atoms with Crippen LogP contribution >= 0.6 is 11.3 Å². The van der Waals surface area contributed by atoms with Crippen molar-refractivity contribution < 1.29 is 32.6 Å². The van der Waals surface area contributed by atoms with Crippen molar-refractivity contribution in [2.45, 2.75) is 20.1 Å². The van der Waals surface area contributed by atoms with Crippen LogP contribution in [0, 0.1) is 11.6 Å². The van der Waals surface area contributed by atoms with Crippen LogP contribution in [0.2, 0.25) is 0 Å². The van der Waals surface area contributed by atoms with Gasteiger partial charge in [-0.05, 0) is 30.7 Å². The molecule has 30 heavy (non-hydrogen) atoms. The molecule has 0 bridgehead atoms. The zero-order valence-electron chi connectivity index (χ0n) is 16.3. The maximum absolute atomic E-state index is 14.3. The van der Waals surface area contributed by atoms with Crippen molar-refractivity contribution in [3.63, 3.8) is 0 Å². The summed E-state index contributed by atoms with van der Waals surface area (Å²) in [6.45, 7) is 1.84. The fourth-order valence-electron chi connectivity index (χ4n) is 3.05. The fourth-order valence-corrected chi connectivity index (χ4v) is 4.20. The Balaban J connectivity index is 2.05. The molecule has 0 unspecified atom stereocenters. The summed E-state index contributed by atoms with van der Waals surface area (Å²) in [5.74, 6) is -4.32. The number of nitrogens with two attached hydrogens (primary N) is 1. The van der Waals surface area contributed by atoms with Gasteiger partial charge in [0.25, 0.3) is 0 Å². The Bertz CT molecular complexity index is 1090. The third kappa shape index (κ3) is 4.27. The number of rotatable bonds is 8. The van der Waals surface area contributed by atoms with Crippen LogP contribution in [-0.2, 0) is 22.7 Å². The predicted octanol–water partition coefficient (Wildman–Crippen LogP) is 4.18. The average Bonchev–Trinajstić information content (AvgIpc) is 3.07. The Kier molecular flexibility index (Phi) is 6.63. The lowest BCUT2D eigenvalue weighted by molar-refractivity contribution is 0.0529. The van der Waals surface area contributed by atoms with Gasteiger partial charge in [0, 0.05) is 28.3 Å². The van der Waals surface area contributed by atoms with Crippen molar-refractivity contribution in [1.29, 1.82) is 0 Å². The van der Waals surface area contributed by atoms with Crippen LogP contribution in [0.5, 0.6) is 5.75 Å². The van der Waals surface area contributed by atoms with Crippen LogP contribution < -0.4 is 10.5 Å². The SMILES string of the molecule is CCOC(=O)c1sc2cccc(COC)c2c1COc1c(F)cc(C(N)=O)cc1F. The van der Waals surface area contributed by atoms with Crippen LogP contribution in [0.3, 0.4) is 0 Å². The minimum atomic E-state index is -1.07. The molecule has 2 aromatic carbocycles. The van der Waals surface area contributed by atoms with Crippen LogP contribution in [0.1, 0.15) is 38.1 Å². The van der Waals surface area contributed by atoms with Gasteiger partial charge in [0.15, 0.2) is 17.4 Å². The lowest BCUT2D eigenvalue weighted by Gasteiger charge is -2.12. The van der Waals surface area contributed by atoms with Crippen molar-refractivity contribution in [2.24, 2.45) is 5.73 Å². The molecule has 0 fully saturated rings. The van der Waals surface area contributed by atoms with E-state index in [0.29, 0.717) is 10.9 Å². The first-order valence-electron chi connectivity index (χ1n) is 8.98. The van der Waals surface area contributed by atoms with Crippen molar-refractivity contribution >= 4 is 33.3 Å². The minimum absolute atomic E-state index is 0.177. The first-order chi connectivity index (χ1) is 14.4. The van der Waals surface area contributed by atoms with Gasteiger partial charge in [0.2, 0.25) is 5.91 Å². The Morgan fingerprint density at radius 1 is 1.13 bits per heavy atom. The lowest BCUT2D eigenvalue weighted by Crippen LogP contribution is -2.13. The molecule has 2 N–H and O–H groups in total. The molecule has 0 saturated carbocycles. The predicted molar refractivity (Wildman–Crippen MR) is 108 cm³/mol. The number of amides is 1. The van der Waals surface area contributed by atoms with Gasteiger partial charge in [-0.25, -0.2) is 13.6 Å². The molecule has 0 radical (unpaired) electrons. The second kappa shape index (κ2) is 9.19. The van der Waals surface area contributed by atoms with Crippen LogP contribution in [0.4, 0.5) is 8.78 Å². The molecular weight excluding hydrogens is 416 g/mol. The van der Waals surface area contributed by atoms with E-state index in [9.17, 15) is 18.4 Å². The molecule has 1 aromatic heterocycles. The third-order valence-corrected chi connectivity index (χ3v) is 5.48. The zero-order valence-corrected chi connectivity index (χ0v) is 17.1. The minimum Gasteiger partial charge on any atom is -0.483 e. The van der Waals surface area contributed by atoms with E-state index in [4.69, 9.17) is 19.9 Å². The van der Waals surface area contributed by atoms with Gasteiger partial charge < -0.3 is 19.9 Å². The Morgan fingerprint density at radius 3 is 2.43 bits per heavy atom. The summed E-state index contributed by atoms with van der Waals surface area (Å²) < 4.78 is 45.2. The van der Waals surface area contributed by atoms with E-state index in [2.05, 4.69) is 0 Å². The average molecular weight is 435 g/mol. The number of benzene rings is 2. The van der Waals surface area contributed by atoms with E-state index in [0.717, 1.165) is 22.4 Å². The Hall–Kier alpha value is -3.04. The molecule has 0 aliphatic heterocycles. The number of hydrogen-bond donors (Lipinski definition) is 1.